The molecule has 5 nitrogen and oxygen atoms in total. The van der Waals surface area contributed by atoms with Crippen LogP contribution in [0.2, 0.25) is 0 Å². The Morgan fingerprint density at radius 1 is 1.06 bits per heavy atom. The van der Waals surface area contributed by atoms with E-state index in [9.17, 15) is 14.0 Å². The first kappa shape index (κ1) is 21.1. The van der Waals surface area contributed by atoms with Crippen LogP contribution in [-0.2, 0) is 12.0 Å². The van der Waals surface area contributed by atoms with Gasteiger partial charge in [0.1, 0.15) is 11.4 Å². The summed E-state index contributed by atoms with van der Waals surface area (Å²) in [5.41, 5.74) is 2.77. The van der Waals surface area contributed by atoms with Gasteiger partial charge in [-0.3, -0.25) is 14.6 Å². The van der Waals surface area contributed by atoms with Crippen molar-refractivity contribution in [3.8, 4) is 0 Å². The Kier molecular flexibility index (Phi) is 4.89. The van der Waals surface area contributed by atoms with Crippen molar-refractivity contribution in [3.05, 3.63) is 111 Å². The number of halogens is 1. The molecule has 5 rings (SSSR count). The van der Waals surface area contributed by atoms with Crippen LogP contribution in [0.3, 0.4) is 0 Å². The zero-order valence-electron chi connectivity index (χ0n) is 18.6. The summed E-state index contributed by atoms with van der Waals surface area (Å²) in [5, 5.41) is 0.126. The topological polar surface area (TPSA) is 63.4 Å². The van der Waals surface area contributed by atoms with Crippen LogP contribution < -0.4 is 5.43 Å². The summed E-state index contributed by atoms with van der Waals surface area (Å²) in [7, 11) is 0. The Hall–Kier alpha value is -3.80. The lowest BCUT2D eigenvalue weighted by molar-refractivity contribution is 0.0714. The summed E-state index contributed by atoms with van der Waals surface area (Å²) in [6.07, 6.45) is 3.36. The number of hydrogen-bond donors (Lipinski definition) is 0. The fraction of sp³-hybridized carbons (Fsp3) is 0.222. The maximum atomic E-state index is 13.9. The van der Waals surface area contributed by atoms with E-state index in [1.54, 1.807) is 23.4 Å². The predicted molar refractivity (Wildman–Crippen MR) is 124 cm³/mol. The number of carbonyl (C=O) groups is 1. The van der Waals surface area contributed by atoms with Crippen LogP contribution in [0.5, 0.6) is 0 Å². The van der Waals surface area contributed by atoms with Gasteiger partial charge in [0.25, 0.3) is 5.91 Å². The summed E-state index contributed by atoms with van der Waals surface area (Å²) in [4.78, 5) is 32.7. The van der Waals surface area contributed by atoms with Crippen molar-refractivity contribution in [2.75, 3.05) is 0 Å². The Morgan fingerprint density at radius 2 is 1.82 bits per heavy atom. The number of carbonyl (C=O) groups excluding carboxylic acids is 1. The minimum Gasteiger partial charge on any atom is -0.450 e. The van der Waals surface area contributed by atoms with Crippen molar-refractivity contribution in [2.45, 2.75) is 38.8 Å². The molecule has 2 aromatic carbocycles. The van der Waals surface area contributed by atoms with Crippen molar-refractivity contribution >= 4 is 16.9 Å². The van der Waals surface area contributed by atoms with Gasteiger partial charge >= 0.3 is 0 Å². The van der Waals surface area contributed by atoms with Gasteiger partial charge in [-0.25, -0.2) is 4.39 Å². The first-order valence-corrected chi connectivity index (χ1v) is 10.8. The van der Waals surface area contributed by atoms with Crippen LogP contribution >= 0.6 is 0 Å². The van der Waals surface area contributed by atoms with Crippen molar-refractivity contribution < 1.29 is 13.6 Å². The lowest BCUT2D eigenvalue weighted by Crippen LogP contribution is -2.29. The molecule has 0 fully saturated rings. The van der Waals surface area contributed by atoms with E-state index in [0.29, 0.717) is 0 Å². The molecule has 0 N–H and O–H groups in total. The van der Waals surface area contributed by atoms with Crippen LogP contribution in [0.15, 0.2) is 76.2 Å². The third kappa shape index (κ3) is 3.61. The number of aromatic nitrogens is 1. The highest BCUT2D eigenvalue weighted by atomic mass is 19.1. The summed E-state index contributed by atoms with van der Waals surface area (Å²) in [5.74, 6) is -0.896. The average molecular weight is 442 g/mol. The van der Waals surface area contributed by atoms with E-state index in [-0.39, 0.29) is 40.2 Å². The number of fused-ring (bicyclic) bond motifs is 2. The predicted octanol–water partition coefficient (Wildman–Crippen LogP) is 5.37. The van der Waals surface area contributed by atoms with Crippen molar-refractivity contribution in [1.29, 1.82) is 0 Å². The maximum absolute atomic E-state index is 13.9. The lowest BCUT2D eigenvalue weighted by Gasteiger charge is -2.26. The highest BCUT2D eigenvalue weighted by Gasteiger charge is 2.42. The van der Waals surface area contributed by atoms with Crippen molar-refractivity contribution in [2.24, 2.45) is 0 Å². The van der Waals surface area contributed by atoms with Gasteiger partial charge in [0.15, 0.2) is 5.43 Å². The normalized spacial score (nSPS) is 15.8. The number of rotatable bonds is 3. The molecule has 0 radical (unpaired) electrons. The molecule has 0 aliphatic carbocycles. The molecule has 4 aromatic rings. The minimum atomic E-state index is -0.648. The van der Waals surface area contributed by atoms with Gasteiger partial charge in [-0.2, -0.15) is 0 Å². The molecule has 1 unspecified atom stereocenters. The second kappa shape index (κ2) is 7.66. The lowest BCUT2D eigenvalue weighted by atomic mass is 9.86. The smallest absolute Gasteiger partial charge is 0.291 e. The molecule has 1 atom stereocenters. The van der Waals surface area contributed by atoms with Gasteiger partial charge in [-0.15, -0.1) is 0 Å². The number of pyridine rings is 1. The molecular formula is C27H23FN2O3. The molecule has 166 valence electrons. The molecule has 0 saturated heterocycles. The van der Waals surface area contributed by atoms with Gasteiger partial charge in [-0.05, 0) is 46.4 Å². The molecule has 1 aliphatic heterocycles. The maximum Gasteiger partial charge on any atom is 0.291 e. The number of hydrogen-bond acceptors (Lipinski definition) is 4. The van der Waals surface area contributed by atoms with Crippen LogP contribution in [0.25, 0.3) is 11.0 Å². The summed E-state index contributed by atoms with van der Waals surface area (Å²) >= 11 is 0. The minimum absolute atomic E-state index is 0.00731. The van der Waals surface area contributed by atoms with E-state index in [1.807, 2.05) is 30.3 Å². The van der Waals surface area contributed by atoms with Gasteiger partial charge in [0.2, 0.25) is 5.76 Å². The monoisotopic (exact) mass is 442 g/mol. The molecule has 0 bridgehead atoms. The molecule has 33 heavy (non-hydrogen) atoms. The zero-order chi connectivity index (χ0) is 23.3. The Balaban J connectivity index is 1.71. The molecule has 6 heteroatoms. The highest BCUT2D eigenvalue weighted by Crippen LogP contribution is 2.39. The third-order valence-electron chi connectivity index (χ3n) is 6.10. The van der Waals surface area contributed by atoms with E-state index in [0.717, 1.165) is 22.8 Å². The van der Waals surface area contributed by atoms with E-state index in [4.69, 9.17) is 4.42 Å². The van der Waals surface area contributed by atoms with Gasteiger partial charge in [0, 0.05) is 18.9 Å². The number of benzene rings is 2. The van der Waals surface area contributed by atoms with Crippen molar-refractivity contribution in [3.63, 3.8) is 0 Å². The van der Waals surface area contributed by atoms with Crippen LogP contribution in [0.1, 0.15) is 59.6 Å². The quantitative estimate of drug-likeness (QED) is 0.428. The van der Waals surface area contributed by atoms with Crippen LogP contribution in [-0.4, -0.2) is 15.8 Å². The fourth-order valence-corrected chi connectivity index (χ4v) is 4.36. The Labute approximate surface area is 190 Å². The second-order valence-corrected chi connectivity index (χ2v) is 9.38. The molecule has 2 aromatic heterocycles. The Bertz CT molecular complexity index is 1420. The second-order valence-electron chi connectivity index (χ2n) is 9.38. The molecule has 1 amide bonds. The van der Waals surface area contributed by atoms with Gasteiger partial charge < -0.3 is 9.32 Å². The van der Waals surface area contributed by atoms with E-state index in [2.05, 4.69) is 25.8 Å². The first-order chi connectivity index (χ1) is 15.7. The SMILES string of the molecule is CC(C)(C)c1ccc(C2c3c(oc4ccc(F)cc4c3=O)C(=O)N2Cc2cccnc2)cc1. The average Bonchev–Trinajstić information content (AvgIpc) is 3.06. The third-order valence-corrected chi connectivity index (χ3v) is 6.10. The van der Waals surface area contributed by atoms with Crippen LogP contribution in [0, 0.1) is 5.82 Å². The van der Waals surface area contributed by atoms with E-state index in [1.165, 1.54) is 12.1 Å². The number of nitrogens with zero attached hydrogens (tertiary/aromatic N) is 2. The highest BCUT2D eigenvalue weighted by molar-refractivity contribution is 5.99. The molecular weight excluding hydrogens is 419 g/mol. The van der Waals surface area contributed by atoms with Crippen molar-refractivity contribution in [1.82, 2.24) is 9.88 Å². The van der Waals surface area contributed by atoms with Crippen LogP contribution in [0.4, 0.5) is 4.39 Å². The number of amides is 1. The largest absolute Gasteiger partial charge is 0.450 e. The zero-order valence-corrected chi connectivity index (χ0v) is 18.6. The fourth-order valence-electron chi connectivity index (χ4n) is 4.36. The van der Waals surface area contributed by atoms with Gasteiger partial charge in [0.05, 0.1) is 17.0 Å². The molecule has 0 spiro atoms. The summed E-state index contributed by atoms with van der Waals surface area (Å²) in [6.45, 7) is 6.63. The van der Waals surface area contributed by atoms with E-state index < -0.39 is 17.3 Å². The summed E-state index contributed by atoms with van der Waals surface area (Å²) in [6, 6.07) is 14.7. The first-order valence-electron chi connectivity index (χ1n) is 10.8. The standard InChI is InChI=1S/C27H23FN2O3/c1-27(2,3)18-8-6-17(7-9-18)23-22-24(31)20-13-19(28)10-11-21(20)33-25(22)26(32)30(23)15-16-5-4-12-29-14-16/h4-14,23H,15H2,1-3H3. The Morgan fingerprint density at radius 3 is 2.48 bits per heavy atom. The molecule has 0 saturated carbocycles. The van der Waals surface area contributed by atoms with Gasteiger partial charge in [-0.1, -0.05) is 51.1 Å². The summed E-state index contributed by atoms with van der Waals surface area (Å²) < 4.78 is 19.8. The molecule has 3 heterocycles. The van der Waals surface area contributed by atoms with E-state index >= 15 is 0 Å². The molecule has 1 aliphatic rings.